The second kappa shape index (κ2) is 3.20. The van der Waals surface area contributed by atoms with Gasteiger partial charge in [-0.3, -0.25) is 9.98 Å². The Bertz CT molecular complexity index is 639. The monoisotopic (exact) mass is 208 g/mol. The van der Waals surface area contributed by atoms with Crippen molar-refractivity contribution in [2.24, 2.45) is 0 Å². The van der Waals surface area contributed by atoms with E-state index in [1.165, 1.54) is 10.8 Å². The van der Waals surface area contributed by atoms with E-state index in [0.717, 1.165) is 11.0 Å². The molecule has 0 aliphatic heterocycles. The molecule has 3 aromatic rings. The van der Waals surface area contributed by atoms with Crippen LogP contribution >= 0.6 is 0 Å². The lowest BCUT2D eigenvalue weighted by Crippen LogP contribution is -2.04. The Morgan fingerprint density at radius 3 is 1.75 bits per heavy atom. The molecule has 2 nitrogen and oxygen atoms in total. The molecule has 2 aromatic carbocycles. The van der Waals surface area contributed by atoms with E-state index in [1.807, 2.05) is 35.8 Å². The van der Waals surface area contributed by atoms with E-state index in [9.17, 15) is 0 Å². The zero-order valence-electron chi connectivity index (χ0n) is 9.07. The quantitative estimate of drug-likeness (QED) is 0.431. The number of hydrogen-bond acceptors (Lipinski definition) is 1. The lowest BCUT2D eigenvalue weighted by molar-refractivity contribution is 1.21. The fourth-order valence-corrected chi connectivity index (χ4v) is 2.28. The molecule has 16 heavy (non-hydrogen) atoms. The Morgan fingerprint density at radius 2 is 1.31 bits per heavy atom. The van der Waals surface area contributed by atoms with Gasteiger partial charge in [-0.15, -0.1) is 0 Å². The van der Waals surface area contributed by atoms with E-state index in [0.29, 0.717) is 5.84 Å². The van der Waals surface area contributed by atoms with Crippen molar-refractivity contribution in [1.29, 1.82) is 5.41 Å². The molecule has 3 rings (SSSR count). The molecule has 1 N–H and O–H groups in total. The summed E-state index contributed by atoms with van der Waals surface area (Å²) in [4.78, 5) is 0. The maximum atomic E-state index is 7.88. The summed E-state index contributed by atoms with van der Waals surface area (Å²) in [6.07, 6.45) is 0. The minimum atomic E-state index is 0.553. The molecule has 0 saturated heterocycles. The topological polar surface area (TPSA) is 28.8 Å². The zero-order valence-corrected chi connectivity index (χ0v) is 9.07. The first-order valence-corrected chi connectivity index (χ1v) is 5.33. The molecule has 0 aliphatic carbocycles. The van der Waals surface area contributed by atoms with E-state index in [4.69, 9.17) is 5.41 Å². The van der Waals surface area contributed by atoms with Gasteiger partial charge in [0.25, 0.3) is 0 Å². The highest BCUT2D eigenvalue weighted by molar-refractivity contribution is 6.13. The summed E-state index contributed by atoms with van der Waals surface area (Å²) in [7, 11) is 0. The maximum Gasteiger partial charge on any atom is 0.102 e. The molecule has 0 aliphatic rings. The van der Waals surface area contributed by atoms with Crippen LogP contribution in [0.2, 0.25) is 0 Å². The van der Waals surface area contributed by atoms with Crippen LogP contribution in [0, 0.1) is 5.41 Å². The highest BCUT2D eigenvalue weighted by Gasteiger charge is 2.09. The summed E-state index contributed by atoms with van der Waals surface area (Å²) < 4.78 is 1.99. The van der Waals surface area contributed by atoms with Crippen molar-refractivity contribution in [3.63, 3.8) is 0 Å². The van der Waals surface area contributed by atoms with E-state index >= 15 is 0 Å². The fourth-order valence-electron chi connectivity index (χ4n) is 2.28. The molecule has 1 heterocycles. The van der Waals surface area contributed by atoms with Crippen molar-refractivity contribution in [1.82, 2.24) is 4.57 Å². The summed E-state index contributed by atoms with van der Waals surface area (Å²) >= 11 is 0. The number of rotatable bonds is 0. The summed E-state index contributed by atoms with van der Waals surface area (Å²) in [5.41, 5.74) is 2.22. The number of benzene rings is 2. The lowest BCUT2D eigenvalue weighted by atomic mass is 10.2. The zero-order chi connectivity index (χ0) is 11.1. The van der Waals surface area contributed by atoms with E-state index in [-0.39, 0.29) is 0 Å². The van der Waals surface area contributed by atoms with Gasteiger partial charge >= 0.3 is 0 Å². The van der Waals surface area contributed by atoms with Gasteiger partial charge in [0.05, 0.1) is 11.0 Å². The highest BCUT2D eigenvalue weighted by Crippen LogP contribution is 2.28. The van der Waals surface area contributed by atoms with Crippen molar-refractivity contribution >= 4 is 27.6 Å². The van der Waals surface area contributed by atoms with Gasteiger partial charge in [0.15, 0.2) is 0 Å². The number of aromatic nitrogens is 1. The fraction of sp³-hybridized carbons (Fsp3) is 0.0714. The molecular weight excluding hydrogens is 196 g/mol. The third kappa shape index (κ3) is 1.10. The van der Waals surface area contributed by atoms with E-state index < -0.39 is 0 Å². The van der Waals surface area contributed by atoms with Gasteiger partial charge in [-0.2, -0.15) is 0 Å². The average molecular weight is 208 g/mol. The second-order valence-corrected chi connectivity index (χ2v) is 3.96. The Labute approximate surface area is 93.6 Å². The highest BCUT2D eigenvalue weighted by atomic mass is 15.0. The number of nitrogens with one attached hydrogen (secondary N) is 1. The van der Waals surface area contributed by atoms with Gasteiger partial charge in [-0.1, -0.05) is 36.4 Å². The van der Waals surface area contributed by atoms with Crippen molar-refractivity contribution in [3.05, 3.63) is 48.5 Å². The Kier molecular flexibility index (Phi) is 1.83. The van der Waals surface area contributed by atoms with Gasteiger partial charge < -0.3 is 0 Å². The second-order valence-electron chi connectivity index (χ2n) is 3.96. The van der Waals surface area contributed by atoms with Crippen LogP contribution in [0.5, 0.6) is 0 Å². The Balaban J connectivity index is 2.64. The molecule has 1 aromatic heterocycles. The van der Waals surface area contributed by atoms with Gasteiger partial charge in [0, 0.05) is 10.8 Å². The minimum Gasteiger partial charge on any atom is -0.298 e. The molecule has 0 radical (unpaired) electrons. The average Bonchev–Trinajstić information content (AvgIpc) is 2.63. The van der Waals surface area contributed by atoms with Crippen LogP contribution in [-0.2, 0) is 0 Å². The van der Waals surface area contributed by atoms with Gasteiger partial charge in [-0.05, 0) is 19.1 Å². The van der Waals surface area contributed by atoms with Crippen molar-refractivity contribution in [3.8, 4) is 0 Å². The predicted molar refractivity (Wildman–Crippen MR) is 68.2 cm³/mol. The third-order valence-electron chi connectivity index (χ3n) is 2.92. The van der Waals surface area contributed by atoms with Gasteiger partial charge in [0.2, 0.25) is 0 Å². The van der Waals surface area contributed by atoms with Crippen LogP contribution in [0.25, 0.3) is 21.8 Å². The van der Waals surface area contributed by atoms with E-state index in [2.05, 4.69) is 24.3 Å². The molecule has 0 amide bonds. The number of hydrogen-bond donors (Lipinski definition) is 1. The van der Waals surface area contributed by atoms with Crippen LogP contribution in [0.15, 0.2) is 48.5 Å². The molecule has 0 bridgehead atoms. The largest absolute Gasteiger partial charge is 0.298 e. The number of para-hydroxylation sites is 2. The van der Waals surface area contributed by atoms with Crippen LogP contribution in [0.3, 0.4) is 0 Å². The number of fused-ring (bicyclic) bond motifs is 3. The van der Waals surface area contributed by atoms with Crippen molar-refractivity contribution in [2.45, 2.75) is 6.92 Å². The van der Waals surface area contributed by atoms with E-state index in [1.54, 1.807) is 0 Å². The summed E-state index contributed by atoms with van der Waals surface area (Å²) in [5, 5.41) is 10.3. The summed E-state index contributed by atoms with van der Waals surface area (Å²) in [6.45, 7) is 1.82. The third-order valence-corrected chi connectivity index (χ3v) is 2.92. The molecule has 0 unspecified atom stereocenters. The van der Waals surface area contributed by atoms with Crippen molar-refractivity contribution in [2.75, 3.05) is 0 Å². The molecule has 78 valence electrons. The van der Waals surface area contributed by atoms with Gasteiger partial charge in [-0.25, -0.2) is 0 Å². The summed E-state index contributed by atoms with van der Waals surface area (Å²) in [6, 6.07) is 16.5. The van der Waals surface area contributed by atoms with Gasteiger partial charge in [0.1, 0.15) is 5.84 Å². The smallest absolute Gasteiger partial charge is 0.102 e. The molecule has 0 fully saturated rings. The first-order valence-electron chi connectivity index (χ1n) is 5.33. The SMILES string of the molecule is CC(=N)n1c2ccccc2c2ccccc21. The van der Waals surface area contributed by atoms with Crippen LogP contribution in [0.4, 0.5) is 0 Å². The maximum absolute atomic E-state index is 7.88. The van der Waals surface area contributed by atoms with Crippen LogP contribution in [0.1, 0.15) is 6.92 Å². The predicted octanol–water partition coefficient (Wildman–Crippen LogP) is 3.64. The Hall–Kier alpha value is -2.09. The molecule has 0 spiro atoms. The molecular formula is C14H12N2. The number of nitrogens with zero attached hydrogens (tertiary/aromatic N) is 1. The summed E-state index contributed by atoms with van der Waals surface area (Å²) in [5.74, 6) is 0.553. The lowest BCUT2D eigenvalue weighted by Gasteiger charge is -2.03. The van der Waals surface area contributed by atoms with Crippen molar-refractivity contribution < 1.29 is 0 Å². The van der Waals surface area contributed by atoms with Crippen LogP contribution < -0.4 is 0 Å². The first kappa shape index (κ1) is 9.16. The van der Waals surface area contributed by atoms with Crippen LogP contribution in [-0.4, -0.2) is 10.4 Å². The standard InChI is InChI=1S/C14H12N2/c1-10(15)16-13-8-4-2-6-11(13)12-7-3-5-9-14(12)16/h2-9,15H,1H3. The first-order chi connectivity index (χ1) is 7.79. The Morgan fingerprint density at radius 1 is 0.875 bits per heavy atom. The molecule has 0 saturated carbocycles. The normalized spacial score (nSPS) is 11.1. The minimum absolute atomic E-state index is 0.553. The molecule has 2 heteroatoms. The molecule has 0 atom stereocenters.